The fraction of sp³-hybridized carbons (Fsp3) is 0.550. The van der Waals surface area contributed by atoms with Gasteiger partial charge in [-0.25, -0.2) is 15.0 Å². The van der Waals surface area contributed by atoms with Crippen molar-refractivity contribution in [1.82, 2.24) is 20.6 Å². The number of hydrogen-bond donors (Lipinski definition) is 2. The first-order valence-corrected chi connectivity index (χ1v) is 10.7. The molecule has 154 valence electrons. The van der Waals surface area contributed by atoms with E-state index in [9.17, 15) is 0 Å². The molecule has 1 fully saturated rings. The van der Waals surface area contributed by atoms with Crippen LogP contribution in [0.2, 0.25) is 0 Å². The number of nitrogens with one attached hydrogen (secondary N) is 2. The molecule has 0 bridgehead atoms. The minimum atomic E-state index is 0. The van der Waals surface area contributed by atoms with Gasteiger partial charge in [0.1, 0.15) is 5.82 Å². The minimum absolute atomic E-state index is 0. The Kier molecular flexibility index (Phi) is 9.43. The van der Waals surface area contributed by atoms with Crippen LogP contribution in [0.5, 0.6) is 0 Å². The maximum Gasteiger partial charge on any atom is 0.191 e. The molecule has 2 aromatic heterocycles. The van der Waals surface area contributed by atoms with Crippen molar-refractivity contribution in [3.05, 3.63) is 40.0 Å². The van der Waals surface area contributed by atoms with E-state index in [-0.39, 0.29) is 24.0 Å². The van der Waals surface area contributed by atoms with Crippen molar-refractivity contribution in [1.29, 1.82) is 0 Å². The molecule has 0 atom stereocenters. The van der Waals surface area contributed by atoms with Gasteiger partial charge in [-0.2, -0.15) is 0 Å². The van der Waals surface area contributed by atoms with Crippen LogP contribution in [0.15, 0.2) is 28.6 Å². The van der Waals surface area contributed by atoms with E-state index < -0.39 is 0 Å². The number of piperidine rings is 1. The van der Waals surface area contributed by atoms with E-state index in [2.05, 4.69) is 56.9 Å². The smallest absolute Gasteiger partial charge is 0.191 e. The molecule has 1 aliphatic rings. The molecule has 1 aliphatic heterocycles. The van der Waals surface area contributed by atoms with Gasteiger partial charge in [0.2, 0.25) is 0 Å². The number of aliphatic imine (C=N–C) groups is 1. The average molecular weight is 514 g/mol. The van der Waals surface area contributed by atoms with Crippen LogP contribution < -0.4 is 15.5 Å². The predicted octanol–water partition coefficient (Wildman–Crippen LogP) is 3.75. The zero-order chi connectivity index (χ0) is 19.1. The Balaban J connectivity index is 0.00000280. The molecular weight excluding hydrogens is 483 g/mol. The molecule has 0 amide bonds. The second-order valence-corrected chi connectivity index (χ2v) is 7.77. The summed E-state index contributed by atoms with van der Waals surface area (Å²) in [5.74, 6) is 1.97. The van der Waals surface area contributed by atoms with Crippen molar-refractivity contribution in [2.75, 3.05) is 24.5 Å². The zero-order valence-corrected chi connectivity index (χ0v) is 20.1. The average Bonchev–Trinajstić information content (AvgIpc) is 3.15. The molecule has 0 unspecified atom stereocenters. The first-order chi connectivity index (χ1) is 13.2. The monoisotopic (exact) mass is 514 g/mol. The summed E-state index contributed by atoms with van der Waals surface area (Å²) < 4.78 is 0. The van der Waals surface area contributed by atoms with Crippen LogP contribution in [-0.2, 0) is 13.0 Å². The molecule has 6 nitrogen and oxygen atoms in total. The summed E-state index contributed by atoms with van der Waals surface area (Å²) >= 11 is 1.72. The number of guanidine groups is 1. The van der Waals surface area contributed by atoms with E-state index in [0.717, 1.165) is 62.1 Å². The lowest BCUT2D eigenvalue weighted by Gasteiger charge is -2.34. The van der Waals surface area contributed by atoms with Crippen molar-refractivity contribution in [2.24, 2.45) is 4.99 Å². The Morgan fingerprint density at radius 2 is 2.04 bits per heavy atom. The van der Waals surface area contributed by atoms with Gasteiger partial charge < -0.3 is 15.5 Å². The summed E-state index contributed by atoms with van der Waals surface area (Å²) in [6, 6.07) is 6.67. The Morgan fingerprint density at radius 1 is 1.25 bits per heavy atom. The molecule has 2 N–H and O–H groups in total. The predicted molar refractivity (Wildman–Crippen MR) is 129 cm³/mol. The van der Waals surface area contributed by atoms with Gasteiger partial charge in [-0.3, -0.25) is 0 Å². The maximum absolute atomic E-state index is 4.73. The molecule has 2 aromatic rings. The second-order valence-electron chi connectivity index (χ2n) is 6.82. The second kappa shape index (κ2) is 11.5. The molecule has 0 saturated carbocycles. The van der Waals surface area contributed by atoms with E-state index in [1.165, 1.54) is 5.01 Å². The number of rotatable bonds is 6. The summed E-state index contributed by atoms with van der Waals surface area (Å²) in [5, 5.41) is 10.2. The fourth-order valence-corrected chi connectivity index (χ4v) is 3.95. The highest BCUT2D eigenvalue weighted by Crippen LogP contribution is 2.18. The Labute approximate surface area is 189 Å². The van der Waals surface area contributed by atoms with Gasteiger partial charge in [-0.1, -0.05) is 13.0 Å². The van der Waals surface area contributed by atoms with E-state index in [1.807, 2.05) is 13.0 Å². The minimum Gasteiger partial charge on any atom is -0.357 e. The van der Waals surface area contributed by atoms with E-state index in [1.54, 1.807) is 11.3 Å². The molecule has 8 heteroatoms. The molecular formula is C20H31IN6S. The largest absolute Gasteiger partial charge is 0.357 e. The van der Waals surface area contributed by atoms with Crippen LogP contribution >= 0.6 is 35.3 Å². The van der Waals surface area contributed by atoms with Gasteiger partial charge in [-0.15, -0.1) is 35.3 Å². The molecule has 1 saturated heterocycles. The lowest BCUT2D eigenvalue weighted by atomic mass is 10.1. The SMILES string of the molecule is CCNC(=NCc1csc(CC)n1)NC1CCN(c2cccc(C)n2)CC1.I. The third-order valence-electron chi connectivity index (χ3n) is 4.68. The van der Waals surface area contributed by atoms with Gasteiger partial charge in [0, 0.05) is 36.8 Å². The van der Waals surface area contributed by atoms with Crippen LogP contribution in [0.1, 0.15) is 43.1 Å². The maximum atomic E-state index is 4.73. The quantitative estimate of drug-likeness (QED) is 0.349. The third-order valence-corrected chi connectivity index (χ3v) is 5.72. The summed E-state index contributed by atoms with van der Waals surface area (Å²) in [4.78, 5) is 16.3. The van der Waals surface area contributed by atoms with Crippen LogP contribution in [0.3, 0.4) is 0 Å². The first-order valence-electron chi connectivity index (χ1n) is 9.84. The standard InChI is InChI=1S/C20H30N6S.HI/c1-4-19-24-17(14-27-19)13-22-20(21-5-2)25-16-9-11-26(12-10-16)18-8-6-7-15(3)23-18;/h6-8,14,16H,4-5,9-13H2,1-3H3,(H2,21,22,25);1H. The lowest BCUT2D eigenvalue weighted by molar-refractivity contribution is 0.459. The number of aryl methyl sites for hydroxylation is 2. The number of pyridine rings is 1. The third kappa shape index (κ3) is 6.58. The number of anilines is 1. The molecule has 0 spiro atoms. The van der Waals surface area contributed by atoms with Crippen LogP contribution in [0.4, 0.5) is 5.82 Å². The van der Waals surface area contributed by atoms with Gasteiger partial charge in [0.15, 0.2) is 5.96 Å². The molecule has 0 aromatic carbocycles. The van der Waals surface area contributed by atoms with Crippen LogP contribution in [0.25, 0.3) is 0 Å². The molecule has 28 heavy (non-hydrogen) atoms. The number of halogens is 1. The molecule has 0 aliphatic carbocycles. The van der Waals surface area contributed by atoms with E-state index in [0.29, 0.717) is 12.6 Å². The highest BCUT2D eigenvalue weighted by molar-refractivity contribution is 14.0. The van der Waals surface area contributed by atoms with Gasteiger partial charge in [0.25, 0.3) is 0 Å². The summed E-state index contributed by atoms with van der Waals surface area (Å²) in [7, 11) is 0. The number of hydrogen-bond acceptors (Lipinski definition) is 5. The Morgan fingerprint density at radius 3 is 2.68 bits per heavy atom. The van der Waals surface area contributed by atoms with Crippen molar-refractivity contribution in [2.45, 2.75) is 52.6 Å². The molecule has 0 radical (unpaired) electrons. The van der Waals surface area contributed by atoms with Gasteiger partial charge >= 0.3 is 0 Å². The van der Waals surface area contributed by atoms with Gasteiger partial charge in [0.05, 0.1) is 17.2 Å². The first kappa shape index (κ1) is 22.9. The summed E-state index contributed by atoms with van der Waals surface area (Å²) in [6.07, 6.45) is 3.15. The Bertz CT molecular complexity index is 755. The van der Waals surface area contributed by atoms with Crippen molar-refractivity contribution in [3.8, 4) is 0 Å². The number of nitrogens with zero attached hydrogens (tertiary/aromatic N) is 4. The zero-order valence-electron chi connectivity index (χ0n) is 16.9. The fourth-order valence-electron chi connectivity index (χ4n) is 3.22. The summed E-state index contributed by atoms with van der Waals surface area (Å²) in [5.41, 5.74) is 2.12. The van der Waals surface area contributed by atoms with Crippen LogP contribution in [0, 0.1) is 6.92 Å². The number of aromatic nitrogens is 2. The van der Waals surface area contributed by atoms with Crippen molar-refractivity contribution >= 4 is 47.1 Å². The van der Waals surface area contributed by atoms with Crippen molar-refractivity contribution in [3.63, 3.8) is 0 Å². The lowest BCUT2D eigenvalue weighted by Crippen LogP contribution is -2.48. The van der Waals surface area contributed by atoms with Crippen molar-refractivity contribution < 1.29 is 0 Å². The van der Waals surface area contributed by atoms with Crippen LogP contribution in [-0.4, -0.2) is 41.6 Å². The highest BCUT2D eigenvalue weighted by Gasteiger charge is 2.21. The Hall–Kier alpha value is -1.42. The molecule has 3 rings (SSSR count). The van der Waals surface area contributed by atoms with E-state index in [4.69, 9.17) is 4.99 Å². The topological polar surface area (TPSA) is 65.4 Å². The summed E-state index contributed by atoms with van der Waals surface area (Å²) in [6.45, 7) is 9.78. The number of thiazole rings is 1. The normalized spacial score (nSPS) is 15.2. The highest BCUT2D eigenvalue weighted by atomic mass is 127. The van der Waals surface area contributed by atoms with E-state index >= 15 is 0 Å². The van der Waals surface area contributed by atoms with Gasteiger partial charge in [-0.05, 0) is 45.2 Å². The molecule has 3 heterocycles.